The van der Waals surface area contributed by atoms with Crippen molar-refractivity contribution < 1.29 is 19.1 Å². The predicted molar refractivity (Wildman–Crippen MR) is 81.5 cm³/mol. The van der Waals surface area contributed by atoms with Gasteiger partial charge in [0, 0.05) is 26.9 Å². The number of hydrogen-bond donors (Lipinski definition) is 2. The van der Waals surface area contributed by atoms with Crippen LogP contribution in [0.3, 0.4) is 0 Å². The number of carbonyl (C=O) groups is 2. The third-order valence-electron chi connectivity index (χ3n) is 3.37. The molecule has 0 fully saturated rings. The van der Waals surface area contributed by atoms with Crippen LogP contribution in [0.1, 0.15) is 37.9 Å². The summed E-state index contributed by atoms with van der Waals surface area (Å²) >= 11 is 0. The first-order valence-electron chi connectivity index (χ1n) is 7.24. The second-order valence-corrected chi connectivity index (χ2v) is 5.49. The van der Waals surface area contributed by atoms with E-state index in [2.05, 4.69) is 5.32 Å². The average molecular weight is 310 g/mol. The highest BCUT2D eigenvalue weighted by Crippen LogP contribution is 2.17. The molecule has 0 saturated carbocycles. The van der Waals surface area contributed by atoms with Crippen molar-refractivity contribution in [1.82, 2.24) is 10.2 Å². The lowest BCUT2D eigenvalue weighted by molar-refractivity contribution is -0.129. The second kappa shape index (κ2) is 8.48. The van der Waals surface area contributed by atoms with E-state index in [1.54, 1.807) is 21.0 Å². The van der Waals surface area contributed by atoms with Gasteiger partial charge in [0.25, 0.3) is 0 Å². The molecule has 0 radical (unpaired) electrons. The van der Waals surface area contributed by atoms with Crippen LogP contribution in [-0.2, 0) is 9.59 Å². The highest BCUT2D eigenvalue weighted by molar-refractivity contribution is 5.78. The van der Waals surface area contributed by atoms with E-state index in [9.17, 15) is 19.1 Å². The second-order valence-electron chi connectivity index (χ2n) is 5.49. The number of halogens is 1. The number of benzene rings is 1. The molecule has 22 heavy (non-hydrogen) atoms. The Bertz CT molecular complexity index is 503. The number of carbonyl (C=O) groups excluding carboxylic acids is 2. The summed E-state index contributed by atoms with van der Waals surface area (Å²) in [4.78, 5) is 24.7. The van der Waals surface area contributed by atoms with Gasteiger partial charge >= 0.3 is 0 Å². The van der Waals surface area contributed by atoms with Crippen LogP contribution in [0.2, 0.25) is 0 Å². The fraction of sp³-hybridized carbons (Fsp3) is 0.500. The third-order valence-corrected chi connectivity index (χ3v) is 3.37. The molecule has 0 bridgehead atoms. The Balaban J connectivity index is 2.40. The Labute approximate surface area is 130 Å². The van der Waals surface area contributed by atoms with Gasteiger partial charge in [-0.15, -0.1) is 0 Å². The smallest absolute Gasteiger partial charge is 0.222 e. The van der Waals surface area contributed by atoms with Gasteiger partial charge in [0.1, 0.15) is 5.82 Å². The lowest BCUT2D eigenvalue weighted by atomic mass is 10.0. The maximum Gasteiger partial charge on any atom is 0.222 e. The van der Waals surface area contributed by atoms with Crippen molar-refractivity contribution in [2.24, 2.45) is 0 Å². The Morgan fingerprint density at radius 3 is 2.36 bits per heavy atom. The van der Waals surface area contributed by atoms with Crippen molar-refractivity contribution in [3.8, 4) is 0 Å². The van der Waals surface area contributed by atoms with Crippen molar-refractivity contribution >= 4 is 11.8 Å². The van der Waals surface area contributed by atoms with E-state index < -0.39 is 12.1 Å². The minimum atomic E-state index is -0.909. The van der Waals surface area contributed by atoms with Crippen LogP contribution in [0.15, 0.2) is 24.3 Å². The predicted octanol–water partition coefficient (Wildman–Crippen LogP) is 1.62. The van der Waals surface area contributed by atoms with Gasteiger partial charge in [-0.3, -0.25) is 9.59 Å². The molecule has 0 aliphatic carbocycles. The molecule has 1 aromatic carbocycles. The molecule has 2 unspecified atom stereocenters. The summed E-state index contributed by atoms with van der Waals surface area (Å²) in [7, 11) is 3.34. The molecule has 122 valence electrons. The molecule has 0 aliphatic rings. The van der Waals surface area contributed by atoms with E-state index in [-0.39, 0.29) is 24.1 Å². The number of nitrogens with zero attached hydrogens (tertiary/aromatic N) is 1. The highest BCUT2D eigenvalue weighted by atomic mass is 19.1. The zero-order chi connectivity index (χ0) is 16.7. The van der Waals surface area contributed by atoms with Crippen molar-refractivity contribution in [1.29, 1.82) is 0 Å². The molecular weight excluding hydrogens is 287 g/mol. The number of amides is 2. The third kappa shape index (κ3) is 5.81. The Morgan fingerprint density at radius 1 is 1.23 bits per heavy atom. The molecule has 5 nitrogen and oxygen atoms in total. The van der Waals surface area contributed by atoms with Crippen LogP contribution in [0.4, 0.5) is 4.39 Å². The molecule has 0 saturated heterocycles. The van der Waals surface area contributed by atoms with E-state index in [0.29, 0.717) is 18.4 Å². The van der Waals surface area contributed by atoms with Crippen molar-refractivity contribution in [3.05, 3.63) is 35.6 Å². The SMILES string of the molecule is CC(NC(=O)CCCC(=O)N(C)C)C(O)c1ccc(F)cc1. The number of aliphatic hydroxyl groups is 1. The fourth-order valence-corrected chi connectivity index (χ4v) is 1.98. The van der Waals surface area contributed by atoms with Crippen LogP contribution in [0.25, 0.3) is 0 Å². The molecule has 2 N–H and O–H groups in total. The van der Waals surface area contributed by atoms with Crippen LogP contribution in [0, 0.1) is 5.82 Å². The van der Waals surface area contributed by atoms with Crippen molar-refractivity contribution in [2.75, 3.05) is 14.1 Å². The van der Waals surface area contributed by atoms with Gasteiger partial charge < -0.3 is 15.3 Å². The molecule has 0 spiro atoms. The zero-order valence-electron chi connectivity index (χ0n) is 13.2. The summed E-state index contributed by atoms with van der Waals surface area (Å²) in [5.41, 5.74) is 0.539. The monoisotopic (exact) mass is 310 g/mol. The first-order valence-corrected chi connectivity index (χ1v) is 7.24. The van der Waals surface area contributed by atoms with Gasteiger partial charge in [-0.25, -0.2) is 4.39 Å². The first kappa shape index (κ1) is 18.1. The van der Waals surface area contributed by atoms with Crippen LogP contribution < -0.4 is 5.32 Å². The van der Waals surface area contributed by atoms with Crippen molar-refractivity contribution in [3.63, 3.8) is 0 Å². The summed E-state index contributed by atoms with van der Waals surface area (Å²) in [6.07, 6.45) is 0.0883. The van der Waals surface area contributed by atoms with E-state index >= 15 is 0 Å². The number of nitrogens with one attached hydrogen (secondary N) is 1. The fourth-order valence-electron chi connectivity index (χ4n) is 1.98. The van der Waals surface area contributed by atoms with Gasteiger partial charge in [-0.2, -0.15) is 0 Å². The topological polar surface area (TPSA) is 69.6 Å². The zero-order valence-corrected chi connectivity index (χ0v) is 13.2. The quantitative estimate of drug-likeness (QED) is 0.804. The van der Waals surface area contributed by atoms with E-state index in [4.69, 9.17) is 0 Å². The van der Waals surface area contributed by atoms with Gasteiger partial charge in [0.2, 0.25) is 11.8 Å². The molecule has 6 heteroatoms. The van der Waals surface area contributed by atoms with Gasteiger partial charge in [-0.05, 0) is 31.0 Å². The largest absolute Gasteiger partial charge is 0.386 e. The van der Waals surface area contributed by atoms with Gasteiger partial charge in [0.05, 0.1) is 12.1 Å². The maximum atomic E-state index is 12.8. The molecule has 1 aromatic rings. The summed E-state index contributed by atoms with van der Waals surface area (Å²) in [6, 6.07) is 5.00. The molecule has 2 atom stereocenters. The first-order chi connectivity index (χ1) is 10.3. The highest BCUT2D eigenvalue weighted by Gasteiger charge is 2.18. The maximum absolute atomic E-state index is 12.8. The molecule has 0 aromatic heterocycles. The van der Waals surface area contributed by atoms with Gasteiger partial charge in [0.15, 0.2) is 0 Å². The van der Waals surface area contributed by atoms with Crippen LogP contribution in [-0.4, -0.2) is 42.0 Å². The minimum Gasteiger partial charge on any atom is -0.386 e. The summed E-state index contributed by atoms with van der Waals surface area (Å²) < 4.78 is 12.8. The summed E-state index contributed by atoms with van der Waals surface area (Å²) in [6.45, 7) is 1.68. The number of hydrogen-bond acceptors (Lipinski definition) is 3. The normalized spacial score (nSPS) is 13.3. The molecule has 0 heterocycles. The lowest BCUT2D eigenvalue weighted by Crippen LogP contribution is -2.37. The number of rotatable bonds is 7. The molecular formula is C16H23FN2O3. The van der Waals surface area contributed by atoms with Crippen LogP contribution >= 0.6 is 0 Å². The molecule has 0 aliphatic heterocycles. The molecule has 1 rings (SSSR count). The molecule has 2 amide bonds. The van der Waals surface area contributed by atoms with E-state index in [0.717, 1.165) is 0 Å². The summed E-state index contributed by atoms with van der Waals surface area (Å²) in [5, 5.41) is 12.8. The summed E-state index contributed by atoms with van der Waals surface area (Å²) in [5.74, 6) is -0.620. The average Bonchev–Trinajstić information content (AvgIpc) is 2.46. The van der Waals surface area contributed by atoms with E-state index in [1.807, 2.05) is 0 Å². The van der Waals surface area contributed by atoms with Crippen molar-refractivity contribution in [2.45, 2.75) is 38.3 Å². The Morgan fingerprint density at radius 2 is 1.82 bits per heavy atom. The van der Waals surface area contributed by atoms with Crippen LogP contribution in [0.5, 0.6) is 0 Å². The van der Waals surface area contributed by atoms with E-state index in [1.165, 1.54) is 29.2 Å². The lowest BCUT2D eigenvalue weighted by Gasteiger charge is -2.20. The number of aliphatic hydroxyl groups excluding tert-OH is 1. The van der Waals surface area contributed by atoms with Gasteiger partial charge in [-0.1, -0.05) is 12.1 Å². The minimum absolute atomic E-state index is 0.0211. The Hall–Kier alpha value is -1.95. The standard InChI is InChI=1S/C16H23FN2O3/c1-11(16(22)12-7-9-13(17)10-8-12)18-14(20)5-4-6-15(21)19(2)3/h7-11,16,22H,4-6H2,1-3H3,(H,18,20). The Kier molecular flexibility index (Phi) is 6.98.